The molecule has 1 saturated heterocycles. The van der Waals surface area contributed by atoms with Crippen LogP contribution in [0.3, 0.4) is 0 Å². The molecule has 0 saturated carbocycles. The number of ether oxygens (including phenoxy) is 1. The fourth-order valence-corrected chi connectivity index (χ4v) is 5.16. The first-order chi connectivity index (χ1) is 17.1. The summed E-state index contributed by atoms with van der Waals surface area (Å²) < 4.78 is 76.1. The molecule has 0 atom stereocenters. The Kier molecular flexibility index (Phi) is 6.98. The number of nitrogens with zero attached hydrogens (tertiary/aromatic N) is 3. The van der Waals surface area contributed by atoms with Gasteiger partial charge in [-0.25, -0.2) is 13.8 Å². The van der Waals surface area contributed by atoms with Crippen LogP contribution in [0, 0.1) is 17.6 Å². The van der Waals surface area contributed by atoms with Crippen molar-refractivity contribution in [1.82, 2.24) is 5.01 Å². The average Bonchev–Trinajstić information content (AvgIpc) is 3.17. The standard InChI is InChI=1S/C25H30BF2N3O5S/c1-15(2)14-31(29-13-16-8-9-19(27)21(10-16)34-7)23-17-11-20(28)18(12-22(17)37(32,33)30-23)26-35-24(3,4)25(5,6)36-26/h8-13,15H,14H2,1-7H3/b29-13+. The zero-order valence-electron chi connectivity index (χ0n) is 21.9. The summed E-state index contributed by atoms with van der Waals surface area (Å²) in [4.78, 5) is -0.152. The van der Waals surface area contributed by atoms with Gasteiger partial charge in [-0.3, -0.25) is 0 Å². The minimum Gasteiger partial charge on any atom is -0.494 e. The molecular weight excluding hydrogens is 503 g/mol. The monoisotopic (exact) mass is 533 g/mol. The number of hydrogen-bond donors (Lipinski definition) is 0. The summed E-state index contributed by atoms with van der Waals surface area (Å²) in [5.74, 6) is -1.11. The molecule has 0 amide bonds. The third-order valence-corrected chi connectivity index (χ3v) is 7.94. The van der Waals surface area contributed by atoms with E-state index in [1.54, 1.807) is 0 Å². The van der Waals surface area contributed by atoms with E-state index in [1.165, 1.54) is 42.6 Å². The van der Waals surface area contributed by atoms with E-state index in [9.17, 15) is 12.8 Å². The van der Waals surface area contributed by atoms with E-state index in [2.05, 4.69) is 9.50 Å². The van der Waals surface area contributed by atoms with E-state index >= 15 is 4.39 Å². The van der Waals surface area contributed by atoms with Crippen molar-refractivity contribution in [3.05, 3.63) is 53.1 Å². The Bertz CT molecular complexity index is 1380. The van der Waals surface area contributed by atoms with Crippen LogP contribution in [0.25, 0.3) is 0 Å². The van der Waals surface area contributed by atoms with E-state index in [-0.39, 0.29) is 33.4 Å². The van der Waals surface area contributed by atoms with Gasteiger partial charge in [0.15, 0.2) is 17.4 Å². The van der Waals surface area contributed by atoms with Gasteiger partial charge in [-0.15, -0.1) is 4.40 Å². The zero-order chi connectivity index (χ0) is 27.3. The highest BCUT2D eigenvalue weighted by atomic mass is 32.2. The molecule has 0 aliphatic carbocycles. The maximum Gasteiger partial charge on any atom is 0.497 e. The lowest BCUT2D eigenvalue weighted by molar-refractivity contribution is 0.00578. The maximum atomic E-state index is 15.4. The summed E-state index contributed by atoms with van der Waals surface area (Å²) in [7, 11) is -3.86. The number of sulfonamides is 1. The van der Waals surface area contributed by atoms with Gasteiger partial charge in [0.05, 0.1) is 24.5 Å². The van der Waals surface area contributed by atoms with Gasteiger partial charge in [-0.05, 0) is 63.4 Å². The first-order valence-corrected chi connectivity index (χ1v) is 13.3. The first-order valence-electron chi connectivity index (χ1n) is 11.8. The molecule has 0 spiro atoms. The van der Waals surface area contributed by atoms with Crippen molar-refractivity contribution in [2.75, 3.05) is 13.7 Å². The van der Waals surface area contributed by atoms with Crippen molar-refractivity contribution in [3.8, 4) is 5.75 Å². The number of hydrogen-bond acceptors (Lipinski definition) is 7. The Labute approximate surface area is 216 Å². The van der Waals surface area contributed by atoms with Gasteiger partial charge in [0.2, 0.25) is 0 Å². The number of rotatable bonds is 6. The Balaban J connectivity index is 1.73. The summed E-state index contributed by atoms with van der Waals surface area (Å²) in [6.07, 6.45) is 1.44. The predicted octanol–water partition coefficient (Wildman–Crippen LogP) is 3.71. The number of benzene rings is 2. The third-order valence-electron chi connectivity index (χ3n) is 6.64. The van der Waals surface area contributed by atoms with Crippen molar-refractivity contribution >= 4 is 34.7 Å². The molecule has 4 rings (SSSR count). The van der Waals surface area contributed by atoms with Crippen LogP contribution in [0.2, 0.25) is 0 Å². The fraction of sp³-hybridized carbons (Fsp3) is 0.440. The molecule has 2 aliphatic rings. The molecule has 0 N–H and O–H groups in total. The van der Waals surface area contributed by atoms with Gasteiger partial charge in [0.1, 0.15) is 10.7 Å². The average molecular weight is 533 g/mol. The molecule has 1 fully saturated rings. The van der Waals surface area contributed by atoms with Crippen LogP contribution in [-0.2, 0) is 19.3 Å². The lowest BCUT2D eigenvalue weighted by atomic mass is 9.78. The third kappa shape index (κ3) is 5.14. The summed E-state index contributed by atoms with van der Waals surface area (Å²) >= 11 is 0. The second-order valence-corrected chi connectivity index (χ2v) is 12.0. The van der Waals surface area contributed by atoms with E-state index in [0.29, 0.717) is 12.1 Å². The molecule has 2 aromatic rings. The van der Waals surface area contributed by atoms with Gasteiger partial charge in [0, 0.05) is 17.6 Å². The molecule has 12 heteroatoms. The van der Waals surface area contributed by atoms with Crippen LogP contribution in [0.5, 0.6) is 5.75 Å². The Morgan fingerprint density at radius 1 is 1.11 bits per heavy atom. The molecular formula is C25H30BF2N3O5S. The number of hydrazone groups is 1. The number of fused-ring (bicyclic) bond motifs is 1. The van der Waals surface area contributed by atoms with Gasteiger partial charge in [-0.2, -0.15) is 13.5 Å². The van der Waals surface area contributed by atoms with E-state index in [4.69, 9.17) is 14.0 Å². The van der Waals surface area contributed by atoms with Crippen LogP contribution in [0.1, 0.15) is 52.7 Å². The predicted molar refractivity (Wildman–Crippen MR) is 138 cm³/mol. The molecule has 37 heavy (non-hydrogen) atoms. The maximum absolute atomic E-state index is 15.4. The van der Waals surface area contributed by atoms with Crippen LogP contribution in [0.15, 0.2) is 44.7 Å². The minimum absolute atomic E-state index is 0.00612. The van der Waals surface area contributed by atoms with E-state index in [1.807, 2.05) is 41.5 Å². The Hall–Kier alpha value is -2.83. The summed E-state index contributed by atoms with van der Waals surface area (Å²) in [6, 6.07) is 6.56. The highest BCUT2D eigenvalue weighted by Crippen LogP contribution is 2.37. The van der Waals surface area contributed by atoms with E-state index < -0.39 is 40.0 Å². The quantitative estimate of drug-likeness (QED) is 0.320. The number of amidine groups is 1. The van der Waals surface area contributed by atoms with Crippen LogP contribution in [0.4, 0.5) is 8.78 Å². The molecule has 0 aromatic heterocycles. The first kappa shape index (κ1) is 27.2. The van der Waals surface area contributed by atoms with Crippen molar-refractivity contribution < 1.29 is 31.2 Å². The topological polar surface area (TPSA) is 89.8 Å². The van der Waals surface area contributed by atoms with Crippen molar-refractivity contribution in [1.29, 1.82) is 0 Å². The van der Waals surface area contributed by atoms with Gasteiger partial charge >= 0.3 is 7.12 Å². The normalized spacial score (nSPS) is 19.4. The van der Waals surface area contributed by atoms with Crippen molar-refractivity contribution in [2.24, 2.45) is 15.4 Å². The van der Waals surface area contributed by atoms with Crippen molar-refractivity contribution in [3.63, 3.8) is 0 Å². The second kappa shape index (κ2) is 9.48. The molecule has 0 radical (unpaired) electrons. The highest BCUT2D eigenvalue weighted by molar-refractivity contribution is 7.90. The number of methoxy groups -OCH3 is 1. The fourth-order valence-electron chi connectivity index (χ4n) is 3.93. The Morgan fingerprint density at radius 3 is 2.35 bits per heavy atom. The molecule has 8 nitrogen and oxygen atoms in total. The smallest absolute Gasteiger partial charge is 0.494 e. The summed E-state index contributed by atoms with van der Waals surface area (Å²) in [5, 5.41) is 5.82. The lowest BCUT2D eigenvalue weighted by Crippen LogP contribution is -2.41. The summed E-state index contributed by atoms with van der Waals surface area (Å²) in [6.45, 7) is 11.5. The number of halogens is 2. The molecule has 0 bridgehead atoms. The molecule has 198 valence electrons. The van der Waals surface area contributed by atoms with Gasteiger partial charge in [-0.1, -0.05) is 19.9 Å². The molecule has 2 aromatic carbocycles. The SMILES string of the molecule is COc1cc(/C=N/N(CC(C)C)C2=NS(=O)(=O)c3cc(B4OC(C)(C)C(C)(C)O4)c(F)cc32)ccc1F. The molecule has 2 aliphatic heterocycles. The van der Waals surface area contributed by atoms with Crippen LogP contribution in [-0.4, -0.2) is 57.5 Å². The highest BCUT2D eigenvalue weighted by Gasteiger charge is 2.53. The van der Waals surface area contributed by atoms with Crippen LogP contribution < -0.4 is 10.2 Å². The molecule has 0 unspecified atom stereocenters. The van der Waals surface area contributed by atoms with Crippen molar-refractivity contribution in [2.45, 2.75) is 57.6 Å². The second-order valence-electron chi connectivity index (χ2n) is 10.5. The van der Waals surface area contributed by atoms with Crippen LogP contribution >= 0.6 is 0 Å². The summed E-state index contributed by atoms with van der Waals surface area (Å²) in [5.41, 5.74) is -0.858. The van der Waals surface area contributed by atoms with Gasteiger partial charge < -0.3 is 14.0 Å². The van der Waals surface area contributed by atoms with E-state index in [0.717, 1.165) is 6.07 Å². The largest absolute Gasteiger partial charge is 0.497 e. The molecule has 2 heterocycles. The minimum atomic E-state index is -4.14. The zero-order valence-corrected chi connectivity index (χ0v) is 22.7. The lowest BCUT2D eigenvalue weighted by Gasteiger charge is -2.32. The van der Waals surface area contributed by atoms with Gasteiger partial charge in [0.25, 0.3) is 10.0 Å². The Morgan fingerprint density at radius 2 is 1.76 bits per heavy atom.